The molecule has 0 N–H and O–H groups in total. The highest BCUT2D eigenvalue weighted by Crippen LogP contribution is 2.49. The Hall–Kier alpha value is -2.04. The van der Waals surface area contributed by atoms with Crippen molar-refractivity contribution < 1.29 is 18.9 Å². The molecule has 0 aromatic heterocycles. The van der Waals surface area contributed by atoms with Gasteiger partial charge in [0.15, 0.2) is 0 Å². The zero-order valence-corrected chi connectivity index (χ0v) is 19.3. The van der Waals surface area contributed by atoms with Crippen LogP contribution >= 0.6 is 0 Å². The topological polar surface area (TPSA) is 43.5 Å². The number of benzene rings is 2. The normalized spacial score (nSPS) is 23.6. The van der Waals surface area contributed by atoms with Gasteiger partial charge in [-0.15, -0.1) is 0 Å². The molecule has 3 fully saturated rings. The molecule has 2 aliphatic heterocycles. The maximum absolute atomic E-state index is 6.10. The summed E-state index contributed by atoms with van der Waals surface area (Å²) in [6.07, 6.45) is 5.47. The van der Waals surface area contributed by atoms with Crippen molar-refractivity contribution in [2.24, 2.45) is 0 Å². The third-order valence-electron chi connectivity index (χ3n) is 7.11. The number of hydrogen-bond donors (Lipinski definition) is 0. The highest BCUT2D eigenvalue weighted by molar-refractivity contribution is 5.53. The van der Waals surface area contributed by atoms with E-state index in [1.807, 2.05) is 0 Å². The summed E-state index contributed by atoms with van der Waals surface area (Å²) in [5.41, 5.74) is 7.81. The van der Waals surface area contributed by atoms with Gasteiger partial charge in [-0.05, 0) is 73.9 Å². The molecule has 0 bridgehead atoms. The van der Waals surface area contributed by atoms with E-state index in [0.717, 1.165) is 24.7 Å². The van der Waals surface area contributed by atoms with Crippen molar-refractivity contribution in [1.82, 2.24) is 0 Å². The van der Waals surface area contributed by atoms with Crippen LogP contribution in [0.3, 0.4) is 0 Å². The largest absolute Gasteiger partial charge is 0.490 e. The molecule has 0 radical (unpaired) electrons. The summed E-state index contributed by atoms with van der Waals surface area (Å²) in [6, 6.07) is 9.45. The predicted octanol–water partition coefficient (Wildman–Crippen LogP) is 5.34. The summed E-state index contributed by atoms with van der Waals surface area (Å²) in [7, 11) is 0. The fraction of sp³-hybridized carbons (Fsp3) is 0.556. The molecule has 3 aliphatic rings. The number of aryl methyl sites for hydroxylation is 4. The Bertz CT molecular complexity index is 846. The second-order valence-electron chi connectivity index (χ2n) is 9.70. The van der Waals surface area contributed by atoms with Gasteiger partial charge in [-0.25, -0.2) is 0 Å². The van der Waals surface area contributed by atoms with Crippen molar-refractivity contribution in [3.8, 4) is 11.5 Å². The van der Waals surface area contributed by atoms with E-state index < -0.39 is 0 Å². The molecule has 2 unspecified atom stereocenters. The van der Waals surface area contributed by atoms with Crippen LogP contribution in [-0.4, -0.2) is 38.6 Å². The zero-order chi connectivity index (χ0) is 21.6. The molecule has 5 rings (SSSR count). The van der Waals surface area contributed by atoms with E-state index >= 15 is 0 Å². The van der Waals surface area contributed by atoms with Crippen molar-refractivity contribution in [3.05, 3.63) is 57.6 Å². The Morgan fingerprint density at radius 1 is 0.710 bits per heavy atom. The maximum Gasteiger partial charge on any atom is 0.125 e. The first kappa shape index (κ1) is 20.8. The van der Waals surface area contributed by atoms with Gasteiger partial charge in [-0.3, -0.25) is 0 Å². The smallest absolute Gasteiger partial charge is 0.125 e. The minimum Gasteiger partial charge on any atom is -0.490 e. The maximum atomic E-state index is 6.10. The van der Waals surface area contributed by atoms with E-state index in [2.05, 4.69) is 52.0 Å². The number of ether oxygens (including phenoxy) is 4. The lowest BCUT2D eigenvalue weighted by Crippen LogP contribution is -2.25. The number of rotatable bonds is 8. The van der Waals surface area contributed by atoms with E-state index in [9.17, 15) is 0 Å². The highest BCUT2D eigenvalue weighted by Gasteiger charge is 2.38. The van der Waals surface area contributed by atoms with Gasteiger partial charge in [0, 0.05) is 5.41 Å². The zero-order valence-electron chi connectivity index (χ0n) is 19.3. The quantitative estimate of drug-likeness (QED) is 0.539. The fourth-order valence-electron chi connectivity index (χ4n) is 5.31. The lowest BCUT2D eigenvalue weighted by Gasteiger charge is -2.33. The van der Waals surface area contributed by atoms with Crippen molar-refractivity contribution in [2.75, 3.05) is 26.4 Å². The molecule has 4 nitrogen and oxygen atoms in total. The van der Waals surface area contributed by atoms with Crippen LogP contribution in [-0.2, 0) is 14.9 Å². The van der Waals surface area contributed by atoms with E-state index in [0.29, 0.717) is 13.2 Å². The molecular weight excluding hydrogens is 388 g/mol. The van der Waals surface area contributed by atoms with Crippen LogP contribution in [0.4, 0.5) is 0 Å². The van der Waals surface area contributed by atoms with Crippen molar-refractivity contribution in [1.29, 1.82) is 0 Å². The second kappa shape index (κ2) is 8.14. The molecule has 2 aromatic carbocycles. The molecule has 2 saturated heterocycles. The molecule has 2 heterocycles. The lowest BCUT2D eigenvalue weighted by molar-refractivity contribution is 0.260. The van der Waals surface area contributed by atoms with Crippen LogP contribution in [0.5, 0.6) is 11.5 Å². The Morgan fingerprint density at radius 3 is 1.39 bits per heavy atom. The summed E-state index contributed by atoms with van der Waals surface area (Å²) in [5, 5.41) is 0. The first-order valence-corrected chi connectivity index (χ1v) is 11.7. The Kier molecular flexibility index (Phi) is 5.47. The van der Waals surface area contributed by atoms with Gasteiger partial charge in [0.25, 0.3) is 0 Å². The molecule has 1 saturated carbocycles. The van der Waals surface area contributed by atoms with Crippen LogP contribution in [0, 0.1) is 27.7 Å². The average Bonchev–Trinajstić information content (AvgIpc) is 3.66. The minimum atomic E-state index is 0.0707. The van der Waals surface area contributed by atoms with Crippen LogP contribution in [0.2, 0.25) is 0 Å². The van der Waals surface area contributed by atoms with Gasteiger partial charge in [0.1, 0.15) is 36.9 Å². The van der Waals surface area contributed by atoms with Gasteiger partial charge < -0.3 is 18.9 Å². The summed E-state index contributed by atoms with van der Waals surface area (Å²) >= 11 is 0. The van der Waals surface area contributed by atoms with Crippen LogP contribution < -0.4 is 9.47 Å². The lowest BCUT2D eigenvalue weighted by atomic mass is 9.71. The molecule has 4 heteroatoms. The standard InChI is InChI=1S/C27H34O4/c1-17-9-21(10-18(2)25(17)30-15-23-13-28-23)27(7-5-6-8-27)22-11-19(3)26(20(4)12-22)31-16-24-14-29-24/h9-12,23-24H,5-8,13-16H2,1-4H3. The SMILES string of the molecule is Cc1cc(C2(c3cc(C)c(OCC4CO4)c(C)c3)CCCC2)cc(C)c1OCC1CO1. The molecular formula is C27H34O4. The molecule has 166 valence electrons. The third kappa shape index (κ3) is 4.20. The van der Waals surface area contributed by atoms with Crippen LogP contribution in [0.15, 0.2) is 24.3 Å². The highest BCUT2D eigenvalue weighted by atomic mass is 16.6. The number of epoxide rings is 2. The Morgan fingerprint density at radius 2 is 1.06 bits per heavy atom. The monoisotopic (exact) mass is 422 g/mol. The van der Waals surface area contributed by atoms with Crippen LogP contribution in [0.25, 0.3) is 0 Å². The van der Waals surface area contributed by atoms with E-state index in [4.69, 9.17) is 18.9 Å². The van der Waals surface area contributed by atoms with Gasteiger partial charge in [-0.1, -0.05) is 37.1 Å². The molecule has 1 aliphatic carbocycles. The third-order valence-corrected chi connectivity index (χ3v) is 7.11. The second-order valence-corrected chi connectivity index (χ2v) is 9.70. The predicted molar refractivity (Wildman–Crippen MR) is 122 cm³/mol. The van der Waals surface area contributed by atoms with E-state index in [1.165, 1.54) is 59.1 Å². The Balaban J connectivity index is 1.48. The molecule has 31 heavy (non-hydrogen) atoms. The van der Waals surface area contributed by atoms with Crippen molar-refractivity contribution >= 4 is 0 Å². The van der Waals surface area contributed by atoms with Gasteiger partial charge in [-0.2, -0.15) is 0 Å². The number of hydrogen-bond acceptors (Lipinski definition) is 4. The molecule has 2 aromatic rings. The fourth-order valence-corrected chi connectivity index (χ4v) is 5.31. The summed E-state index contributed by atoms with van der Waals surface area (Å²) < 4.78 is 22.8. The van der Waals surface area contributed by atoms with Gasteiger partial charge in [0.2, 0.25) is 0 Å². The van der Waals surface area contributed by atoms with Crippen molar-refractivity contribution in [3.63, 3.8) is 0 Å². The van der Waals surface area contributed by atoms with E-state index in [1.54, 1.807) is 0 Å². The van der Waals surface area contributed by atoms with Gasteiger partial charge in [0.05, 0.1) is 13.2 Å². The molecule has 0 spiro atoms. The van der Waals surface area contributed by atoms with Crippen molar-refractivity contribution in [2.45, 2.75) is 71.0 Å². The first-order valence-electron chi connectivity index (χ1n) is 11.7. The summed E-state index contributed by atoms with van der Waals surface area (Å²) in [4.78, 5) is 0. The minimum absolute atomic E-state index is 0.0707. The summed E-state index contributed by atoms with van der Waals surface area (Å²) in [6.45, 7) is 11.7. The molecule has 2 atom stereocenters. The average molecular weight is 423 g/mol. The Labute approximate surface area is 185 Å². The molecule has 0 amide bonds. The first-order chi connectivity index (χ1) is 15.0. The van der Waals surface area contributed by atoms with Crippen LogP contribution in [0.1, 0.15) is 59.1 Å². The summed E-state index contributed by atoms with van der Waals surface area (Å²) in [5.74, 6) is 2.04. The van der Waals surface area contributed by atoms with E-state index in [-0.39, 0.29) is 17.6 Å². The van der Waals surface area contributed by atoms with Gasteiger partial charge >= 0.3 is 0 Å².